The number of benzene rings is 2. The minimum Gasteiger partial charge on any atom is -0.494 e. The maximum Gasteiger partial charge on any atom is 0.222 e. The molecule has 0 aliphatic carbocycles. The molecule has 3 rings (SSSR count). The van der Waals surface area contributed by atoms with E-state index in [0.717, 1.165) is 43.2 Å². The topological polar surface area (TPSA) is 66.0 Å². The van der Waals surface area contributed by atoms with E-state index >= 15 is 0 Å². The number of hydrogen-bond acceptors (Lipinski definition) is 3. The summed E-state index contributed by atoms with van der Waals surface area (Å²) in [4.78, 5) is 18.9. The van der Waals surface area contributed by atoms with Crippen molar-refractivity contribution in [3.63, 3.8) is 0 Å². The van der Waals surface area contributed by atoms with Crippen LogP contribution >= 0.6 is 0 Å². The second-order valence-corrected chi connectivity index (χ2v) is 7.83. The van der Waals surface area contributed by atoms with Crippen LogP contribution in [0.4, 0.5) is 0 Å². The van der Waals surface area contributed by atoms with Gasteiger partial charge in [-0.25, -0.2) is 0 Å². The average Bonchev–Trinajstić information content (AvgIpc) is 2.79. The van der Waals surface area contributed by atoms with Crippen LogP contribution < -0.4 is 15.4 Å². The molecule has 0 spiro atoms. The number of rotatable bonds is 8. The molecule has 0 atom stereocenters. The number of ether oxygens (including phenoxy) is 1. The Morgan fingerprint density at radius 3 is 2.74 bits per heavy atom. The van der Waals surface area contributed by atoms with Gasteiger partial charge >= 0.3 is 0 Å². The van der Waals surface area contributed by atoms with E-state index in [9.17, 15) is 4.79 Å². The van der Waals surface area contributed by atoms with Crippen molar-refractivity contribution in [3.05, 3.63) is 64.7 Å². The van der Waals surface area contributed by atoms with Gasteiger partial charge in [-0.05, 0) is 49.4 Å². The molecule has 0 bridgehead atoms. The highest BCUT2D eigenvalue weighted by Gasteiger charge is 2.19. The smallest absolute Gasteiger partial charge is 0.222 e. The summed E-state index contributed by atoms with van der Waals surface area (Å²) in [6.07, 6.45) is 2.25. The van der Waals surface area contributed by atoms with Gasteiger partial charge in [0.1, 0.15) is 5.75 Å². The normalized spacial score (nSPS) is 13.5. The number of carbonyl (C=O) groups is 1. The highest BCUT2D eigenvalue weighted by Crippen LogP contribution is 2.20. The lowest BCUT2D eigenvalue weighted by atomic mass is 9.99. The SMILES string of the molecule is CCOc1cc(C)ccc1CNC(=NC)NCCCC(=O)N1CCc2ccccc2C1. The Bertz CT molecular complexity index is 910. The summed E-state index contributed by atoms with van der Waals surface area (Å²) in [5.74, 6) is 1.85. The zero-order valence-corrected chi connectivity index (χ0v) is 18.9. The number of aliphatic imine (C=N–C) groups is 1. The van der Waals surface area contributed by atoms with E-state index in [1.165, 1.54) is 16.7 Å². The molecule has 1 heterocycles. The van der Waals surface area contributed by atoms with Gasteiger partial charge in [-0.1, -0.05) is 36.4 Å². The van der Waals surface area contributed by atoms with Gasteiger partial charge in [-0.2, -0.15) is 0 Å². The number of carbonyl (C=O) groups excluding carboxylic acids is 1. The number of hydrogen-bond donors (Lipinski definition) is 2. The first-order chi connectivity index (χ1) is 15.1. The van der Waals surface area contributed by atoms with Gasteiger partial charge in [0.05, 0.1) is 6.61 Å². The molecule has 166 valence electrons. The van der Waals surface area contributed by atoms with Crippen molar-refractivity contribution in [2.24, 2.45) is 4.99 Å². The molecule has 0 saturated heterocycles. The lowest BCUT2D eigenvalue weighted by Gasteiger charge is -2.29. The van der Waals surface area contributed by atoms with Crippen LogP contribution in [0.3, 0.4) is 0 Å². The Kier molecular flexibility index (Phi) is 8.33. The van der Waals surface area contributed by atoms with Crippen LogP contribution in [0.1, 0.15) is 42.0 Å². The van der Waals surface area contributed by atoms with E-state index in [0.29, 0.717) is 26.1 Å². The fourth-order valence-corrected chi connectivity index (χ4v) is 3.81. The van der Waals surface area contributed by atoms with Crippen molar-refractivity contribution < 1.29 is 9.53 Å². The van der Waals surface area contributed by atoms with Crippen LogP contribution in [0.2, 0.25) is 0 Å². The number of nitrogens with zero attached hydrogens (tertiary/aromatic N) is 2. The Labute approximate surface area is 185 Å². The summed E-state index contributed by atoms with van der Waals surface area (Å²) in [5, 5.41) is 6.63. The van der Waals surface area contributed by atoms with Crippen molar-refractivity contribution in [2.45, 2.75) is 46.2 Å². The third-order valence-electron chi connectivity index (χ3n) is 5.54. The number of amides is 1. The van der Waals surface area contributed by atoms with Crippen molar-refractivity contribution in [1.82, 2.24) is 15.5 Å². The third-order valence-corrected chi connectivity index (χ3v) is 5.54. The van der Waals surface area contributed by atoms with E-state index in [4.69, 9.17) is 4.74 Å². The molecule has 1 amide bonds. The van der Waals surface area contributed by atoms with Crippen LogP contribution in [0.15, 0.2) is 47.5 Å². The molecule has 6 nitrogen and oxygen atoms in total. The summed E-state index contributed by atoms with van der Waals surface area (Å²) in [6, 6.07) is 14.6. The molecule has 0 saturated carbocycles. The highest BCUT2D eigenvalue weighted by molar-refractivity contribution is 5.80. The molecule has 1 aliphatic heterocycles. The van der Waals surface area contributed by atoms with Gasteiger partial charge in [0.2, 0.25) is 5.91 Å². The Balaban J connectivity index is 1.40. The summed E-state index contributed by atoms with van der Waals surface area (Å²) in [7, 11) is 1.75. The van der Waals surface area contributed by atoms with Crippen molar-refractivity contribution in [3.8, 4) is 5.75 Å². The molecule has 1 aliphatic rings. The second kappa shape index (κ2) is 11.4. The molecule has 2 aromatic rings. The minimum absolute atomic E-state index is 0.222. The van der Waals surface area contributed by atoms with Crippen molar-refractivity contribution >= 4 is 11.9 Å². The van der Waals surface area contributed by atoms with Crippen LogP contribution in [0, 0.1) is 6.92 Å². The fourth-order valence-electron chi connectivity index (χ4n) is 3.81. The molecule has 0 aromatic heterocycles. The number of nitrogens with one attached hydrogen (secondary N) is 2. The van der Waals surface area contributed by atoms with E-state index in [1.807, 2.05) is 17.9 Å². The van der Waals surface area contributed by atoms with Gasteiger partial charge in [0, 0.05) is 45.2 Å². The largest absolute Gasteiger partial charge is 0.494 e. The summed E-state index contributed by atoms with van der Waals surface area (Å²) in [6.45, 7) is 7.55. The molecule has 0 fully saturated rings. The predicted molar refractivity (Wildman–Crippen MR) is 125 cm³/mol. The summed E-state index contributed by atoms with van der Waals surface area (Å²) in [5.41, 5.74) is 4.91. The molecule has 31 heavy (non-hydrogen) atoms. The van der Waals surface area contributed by atoms with Crippen molar-refractivity contribution in [2.75, 3.05) is 26.7 Å². The van der Waals surface area contributed by atoms with E-state index in [1.54, 1.807) is 7.05 Å². The second-order valence-electron chi connectivity index (χ2n) is 7.83. The number of aryl methyl sites for hydroxylation is 1. The van der Waals surface area contributed by atoms with Crippen LogP contribution in [0.5, 0.6) is 5.75 Å². The maximum atomic E-state index is 12.6. The Morgan fingerprint density at radius 1 is 1.16 bits per heavy atom. The molecule has 6 heteroatoms. The first kappa shape index (κ1) is 22.7. The zero-order chi connectivity index (χ0) is 22.1. The molecule has 2 aromatic carbocycles. The number of guanidine groups is 1. The van der Waals surface area contributed by atoms with Crippen LogP contribution in [-0.4, -0.2) is 43.5 Å². The lowest BCUT2D eigenvalue weighted by molar-refractivity contribution is -0.132. The quantitative estimate of drug-likeness (QED) is 0.389. The van der Waals surface area contributed by atoms with Gasteiger partial charge in [0.15, 0.2) is 5.96 Å². The molecular formula is C25H34N4O2. The zero-order valence-electron chi connectivity index (χ0n) is 18.9. The number of fused-ring (bicyclic) bond motifs is 1. The first-order valence-electron chi connectivity index (χ1n) is 11.1. The molecule has 0 unspecified atom stereocenters. The first-order valence-corrected chi connectivity index (χ1v) is 11.1. The van der Waals surface area contributed by atoms with Gasteiger partial charge in [-0.3, -0.25) is 9.79 Å². The van der Waals surface area contributed by atoms with Gasteiger partial charge in [0.25, 0.3) is 0 Å². The Hall–Kier alpha value is -3.02. The lowest BCUT2D eigenvalue weighted by Crippen LogP contribution is -2.38. The third kappa shape index (κ3) is 6.48. The maximum absolute atomic E-state index is 12.6. The average molecular weight is 423 g/mol. The van der Waals surface area contributed by atoms with E-state index in [2.05, 4.69) is 58.9 Å². The molecule has 2 N–H and O–H groups in total. The standard InChI is InChI=1S/C25H34N4O2/c1-4-31-23-16-19(2)11-12-21(23)17-28-25(26-3)27-14-7-10-24(30)29-15-13-20-8-5-6-9-22(20)18-29/h5-6,8-9,11-12,16H,4,7,10,13-15,17-18H2,1-3H3,(H2,26,27,28). The summed E-state index contributed by atoms with van der Waals surface area (Å²) < 4.78 is 5.75. The Morgan fingerprint density at radius 2 is 1.97 bits per heavy atom. The molecule has 0 radical (unpaired) electrons. The predicted octanol–water partition coefficient (Wildman–Crippen LogP) is 3.42. The minimum atomic E-state index is 0.222. The van der Waals surface area contributed by atoms with Gasteiger partial charge < -0.3 is 20.3 Å². The van der Waals surface area contributed by atoms with Crippen molar-refractivity contribution in [1.29, 1.82) is 0 Å². The molecular weight excluding hydrogens is 388 g/mol. The van der Waals surface area contributed by atoms with E-state index < -0.39 is 0 Å². The highest BCUT2D eigenvalue weighted by atomic mass is 16.5. The van der Waals surface area contributed by atoms with Crippen LogP contribution in [-0.2, 0) is 24.3 Å². The van der Waals surface area contributed by atoms with E-state index in [-0.39, 0.29) is 5.91 Å². The monoisotopic (exact) mass is 422 g/mol. The van der Waals surface area contributed by atoms with Gasteiger partial charge in [-0.15, -0.1) is 0 Å². The summed E-state index contributed by atoms with van der Waals surface area (Å²) >= 11 is 0. The van der Waals surface area contributed by atoms with Crippen LogP contribution in [0.25, 0.3) is 0 Å². The fraction of sp³-hybridized carbons (Fsp3) is 0.440.